The lowest BCUT2D eigenvalue weighted by molar-refractivity contribution is 0.0906. The van der Waals surface area contributed by atoms with Gasteiger partial charge in [-0.1, -0.05) is 0 Å². The van der Waals surface area contributed by atoms with Crippen LogP contribution in [0.1, 0.15) is 29.0 Å². The highest BCUT2D eigenvalue weighted by Gasteiger charge is 2.48. The van der Waals surface area contributed by atoms with Crippen LogP contribution in [0.4, 0.5) is 0 Å². The van der Waals surface area contributed by atoms with Gasteiger partial charge in [-0.15, -0.1) is 0 Å². The predicted octanol–water partition coefficient (Wildman–Crippen LogP) is 1.80. The van der Waals surface area contributed by atoms with Gasteiger partial charge in [0.15, 0.2) is 5.78 Å². The molecular formula is C14H17N3O. The smallest absolute Gasteiger partial charge is 0.170 e. The average Bonchev–Trinajstić information content (AvgIpc) is 3.12. The standard InChI is InChI=1S/C14H17N3O/c1-9-16-11-7-10(3-4-12(11)17(9)2)13(18)14(8-15)5-6-14/h3-4,7H,5-6,8,15H2,1-2H3. The zero-order chi connectivity index (χ0) is 12.9. The Labute approximate surface area is 106 Å². The van der Waals surface area contributed by atoms with Crippen LogP contribution in [0.25, 0.3) is 11.0 Å². The van der Waals surface area contributed by atoms with E-state index in [0.29, 0.717) is 6.54 Å². The van der Waals surface area contributed by atoms with Crippen molar-refractivity contribution >= 4 is 16.8 Å². The summed E-state index contributed by atoms with van der Waals surface area (Å²) in [6.45, 7) is 2.41. The molecule has 0 amide bonds. The minimum atomic E-state index is -0.280. The van der Waals surface area contributed by atoms with Crippen LogP contribution in [-0.2, 0) is 7.05 Å². The first-order valence-corrected chi connectivity index (χ1v) is 6.25. The van der Waals surface area contributed by atoms with Gasteiger partial charge < -0.3 is 10.3 Å². The van der Waals surface area contributed by atoms with Gasteiger partial charge >= 0.3 is 0 Å². The monoisotopic (exact) mass is 243 g/mol. The van der Waals surface area contributed by atoms with Crippen molar-refractivity contribution in [3.8, 4) is 0 Å². The quantitative estimate of drug-likeness (QED) is 0.836. The zero-order valence-corrected chi connectivity index (χ0v) is 10.7. The van der Waals surface area contributed by atoms with E-state index in [4.69, 9.17) is 5.73 Å². The van der Waals surface area contributed by atoms with E-state index in [1.165, 1.54) is 0 Å². The predicted molar refractivity (Wildman–Crippen MR) is 70.5 cm³/mol. The molecule has 0 atom stereocenters. The first-order valence-electron chi connectivity index (χ1n) is 6.25. The number of benzene rings is 1. The molecule has 0 aliphatic heterocycles. The molecule has 18 heavy (non-hydrogen) atoms. The summed E-state index contributed by atoms with van der Waals surface area (Å²) in [5, 5.41) is 0. The van der Waals surface area contributed by atoms with Crippen LogP contribution in [0.2, 0.25) is 0 Å². The lowest BCUT2D eigenvalue weighted by Gasteiger charge is -2.10. The first-order chi connectivity index (χ1) is 8.57. The van der Waals surface area contributed by atoms with Gasteiger partial charge in [0.2, 0.25) is 0 Å². The minimum Gasteiger partial charge on any atom is -0.331 e. The average molecular weight is 243 g/mol. The Morgan fingerprint density at radius 3 is 2.83 bits per heavy atom. The number of fused-ring (bicyclic) bond motifs is 1. The Kier molecular flexibility index (Phi) is 2.32. The number of rotatable bonds is 3. The number of aryl methyl sites for hydroxylation is 2. The summed E-state index contributed by atoms with van der Waals surface area (Å²) in [6, 6.07) is 5.75. The number of carbonyl (C=O) groups excluding carboxylic acids is 1. The van der Waals surface area contributed by atoms with E-state index in [1.807, 2.05) is 36.7 Å². The highest BCUT2D eigenvalue weighted by Crippen LogP contribution is 2.47. The van der Waals surface area contributed by atoms with Gasteiger partial charge in [0.05, 0.1) is 11.0 Å². The van der Waals surface area contributed by atoms with Crippen molar-refractivity contribution in [3.63, 3.8) is 0 Å². The number of hydrogen-bond acceptors (Lipinski definition) is 3. The fourth-order valence-corrected chi connectivity index (χ4v) is 2.44. The van der Waals surface area contributed by atoms with Crippen molar-refractivity contribution in [1.29, 1.82) is 0 Å². The van der Waals surface area contributed by atoms with Gasteiger partial charge in [0.25, 0.3) is 0 Å². The van der Waals surface area contributed by atoms with Crippen LogP contribution in [0, 0.1) is 12.3 Å². The molecule has 0 spiro atoms. The number of ketones is 1. The normalized spacial score (nSPS) is 17.1. The van der Waals surface area contributed by atoms with Gasteiger partial charge in [0.1, 0.15) is 5.82 Å². The summed E-state index contributed by atoms with van der Waals surface area (Å²) in [7, 11) is 1.98. The Morgan fingerprint density at radius 2 is 2.22 bits per heavy atom. The summed E-state index contributed by atoms with van der Waals surface area (Å²) in [4.78, 5) is 16.8. The fourth-order valence-electron chi connectivity index (χ4n) is 2.44. The molecule has 3 rings (SSSR count). The molecular weight excluding hydrogens is 226 g/mol. The number of hydrogen-bond donors (Lipinski definition) is 1. The van der Waals surface area contributed by atoms with E-state index >= 15 is 0 Å². The highest BCUT2D eigenvalue weighted by molar-refractivity contribution is 6.04. The lowest BCUT2D eigenvalue weighted by Crippen LogP contribution is -2.25. The second-order valence-electron chi connectivity index (χ2n) is 5.24. The van der Waals surface area contributed by atoms with Crippen molar-refractivity contribution in [1.82, 2.24) is 9.55 Å². The molecule has 1 aromatic carbocycles. The van der Waals surface area contributed by atoms with Crippen molar-refractivity contribution in [2.45, 2.75) is 19.8 Å². The van der Waals surface area contributed by atoms with Crippen LogP contribution >= 0.6 is 0 Å². The van der Waals surface area contributed by atoms with Gasteiger partial charge in [-0.25, -0.2) is 4.98 Å². The summed E-state index contributed by atoms with van der Waals surface area (Å²) in [5.41, 5.74) is 8.11. The molecule has 4 heteroatoms. The van der Waals surface area contributed by atoms with E-state index in [0.717, 1.165) is 35.3 Å². The Hall–Kier alpha value is -1.68. The molecule has 1 saturated carbocycles. The Morgan fingerprint density at radius 1 is 1.50 bits per heavy atom. The minimum absolute atomic E-state index is 0.176. The number of nitrogens with two attached hydrogens (primary N) is 1. The number of nitrogens with zero attached hydrogens (tertiary/aromatic N) is 2. The van der Waals surface area contributed by atoms with Gasteiger partial charge in [-0.3, -0.25) is 4.79 Å². The third-order valence-corrected chi connectivity index (χ3v) is 4.09. The molecule has 0 saturated heterocycles. The molecule has 1 fully saturated rings. The third kappa shape index (κ3) is 1.49. The van der Waals surface area contributed by atoms with E-state index in [9.17, 15) is 4.79 Å². The molecule has 4 nitrogen and oxygen atoms in total. The summed E-state index contributed by atoms with van der Waals surface area (Å²) in [5.74, 6) is 1.13. The summed E-state index contributed by atoms with van der Waals surface area (Å²) >= 11 is 0. The Bertz CT molecular complexity index is 638. The second-order valence-corrected chi connectivity index (χ2v) is 5.24. The van der Waals surface area contributed by atoms with E-state index in [1.54, 1.807) is 0 Å². The van der Waals surface area contributed by atoms with Crippen LogP contribution in [-0.4, -0.2) is 21.9 Å². The summed E-state index contributed by atoms with van der Waals surface area (Å²) in [6.07, 6.45) is 1.84. The molecule has 1 aromatic heterocycles. The topological polar surface area (TPSA) is 60.9 Å². The van der Waals surface area contributed by atoms with Gasteiger partial charge in [-0.05, 0) is 38.0 Å². The second kappa shape index (κ2) is 3.65. The van der Waals surface area contributed by atoms with Crippen molar-refractivity contribution < 1.29 is 4.79 Å². The first kappa shape index (κ1) is 11.4. The molecule has 0 radical (unpaired) electrons. The van der Waals surface area contributed by atoms with Crippen molar-refractivity contribution in [2.75, 3.05) is 6.54 Å². The van der Waals surface area contributed by atoms with E-state index in [2.05, 4.69) is 4.98 Å². The van der Waals surface area contributed by atoms with Crippen LogP contribution in [0.15, 0.2) is 18.2 Å². The third-order valence-electron chi connectivity index (χ3n) is 4.09. The maximum atomic E-state index is 12.4. The lowest BCUT2D eigenvalue weighted by atomic mass is 9.94. The molecule has 94 valence electrons. The number of aromatic nitrogens is 2. The maximum Gasteiger partial charge on any atom is 0.170 e. The largest absolute Gasteiger partial charge is 0.331 e. The molecule has 0 bridgehead atoms. The van der Waals surface area contributed by atoms with Crippen LogP contribution in [0.3, 0.4) is 0 Å². The Balaban J connectivity index is 2.06. The molecule has 0 unspecified atom stereocenters. The van der Waals surface area contributed by atoms with Crippen molar-refractivity contribution in [3.05, 3.63) is 29.6 Å². The molecule has 2 aromatic rings. The molecule has 1 aliphatic rings. The van der Waals surface area contributed by atoms with Gasteiger partial charge in [-0.2, -0.15) is 0 Å². The fraction of sp³-hybridized carbons (Fsp3) is 0.429. The van der Waals surface area contributed by atoms with Gasteiger partial charge in [0, 0.05) is 24.6 Å². The number of imidazole rings is 1. The summed E-state index contributed by atoms with van der Waals surface area (Å²) < 4.78 is 2.03. The SMILES string of the molecule is Cc1nc2cc(C(=O)C3(CN)CC3)ccc2n1C. The van der Waals surface area contributed by atoms with Crippen LogP contribution in [0.5, 0.6) is 0 Å². The highest BCUT2D eigenvalue weighted by atomic mass is 16.1. The molecule has 1 heterocycles. The molecule has 2 N–H and O–H groups in total. The zero-order valence-electron chi connectivity index (χ0n) is 10.7. The maximum absolute atomic E-state index is 12.4. The van der Waals surface area contributed by atoms with E-state index in [-0.39, 0.29) is 11.2 Å². The number of carbonyl (C=O) groups is 1. The van der Waals surface area contributed by atoms with Crippen LogP contribution < -0.4 is 5.73 Å². The molecule has 1 aliphatic carbocycles. The van der Waals surface area contributed by atoms with E-state index < -0.39 is 0 Å². The number of Topliss-reactive ketones (excluding diaryl/α,β-unsaturated/α-hetero) is 1. The van der Waals surface area contributed by atoms with Crippen molar-refractivity contribution in [2.24, 2.45) is 18.2 Å².